The van der Waals surface area contributed by atoms with Crippen LogP contribution in [0, 0.1) is 11.8 Å². The van der Waals surface area contributed by atoms with Crippen molar-refractivity contribution < 1.29 is 18.3 Å². The first-order valence-electron chi connectivity index (χ1n) is 7.97. The fourth-order valence-electron chi connectivity index (χ4n) is 4.01. The first kappa shape index (κ1) is 14.5. The molecule has 2 fully saturated rings. The second-order valence-corrected chi connectivity index (χ2v) is 6.44. The van der Waals surface area contributed by atoms with Crippen molar-refractivity contribution in [1.82, 2.24) is 9.88 Å². The number of alkyl halides is 2. The predicted molar refractivity (Wildman–Crippen MR) is 81.7 cm³/mol. The largest absolute Gasteiger partial charge is 0.434 e. The van der Waals surface area contributed by atoms with Crippen LogP contribution in [0.1, 0.15) is 29.8 Å². The van der Waals surface area contributed by atoms with Gasteiger partial charge in [-0.05, 0) is 42.9 Å². The number of nitrogens with zero attached hydrogens (tertiary/aromatic N) is 1. The van der Waals surface area contributed by atoms with Gasteiger partial charge < -0.3 is 14.6 Å². The first-order valence-corrected chi connectivity index (χ1v) is 7.97. The van der Waals surface area contributed by atoms with Crippen molar-refractivity contribution in [2.75, 3.05) is 13.1 Å². The minimum Gasteiger partial charge on any atom is -0.434 e. The highest BCUT2D eigenvalue weighted by Gasteiger charge is 2.38. The van der Waals surface area contributed by atoms with Crippen LogP contribution in [0.15, 0.2) is 24.3 Å². The topological polar surface area (TPSA) is 45.3 Å². The fourth-order valence-corrected chi connectivity index (χ4v) is 4.01. The normalized spacial score (nSPS) is 23.7. The summed E-state index contributed by atoms with van der Waals surface area (Å²) in [6, 6.07) is 6.48. The number of aromatic amines is 1. The van der Waals surface area contributed by atoms with E-state index in [0.717, 1.165) is 13.1 Å². The third-order valence-corrected chi connectivity index (χ3v) is 5.08. The van der Waals surface area contributed by atoms with Crippen LogP contribution in [0.5, 0.6) is 5.75 Å². The lowest BCUT2D eigenvalue weighted by Gasteiger charge is -2.16. The second-order valence-electron chi connectivity index (χ2n) is 6.44. The minimum atomic E-state index is -2.88. The van der Waals surface area contributed by atoms with Gasteiger partial charge in [-0.3, -0.25) is 4.79 Å². The van der Waals surface area contributed by atoms with Gasteiger partial charge in [0.2, 0.25) is 0 Å². The van der Waals surface area contributed by atoms with E-state index in [9.17, 15) is 13.6 Å². The van der Waals surface area contributed by atoms with Crippen molar-refractivity contribution in [3.63, 3.8) is 0 Å². The zero-order valence-electron chi connectivity index (χ0n) is 12.6. The van der Waals surface area contributed by atoms with Crippen molar-refractivity contribution >= 4 is 16.8 Å². The van der Waals surface area contributed by atoms with Crippen LogP contribution in [-0.4, -0.2) is 35.5 Å². The Morgan fingerprint density at radius 3 is 2.70 bits per heavy atom. The molecule has 4 nitrogen and oxygen atoms in total. The summed E-state index contributed by atoms with van der Waals surface area (Å²) < 4.78 is 29.5. The van der Waals surface area contributed by atoms with Crippen molar-refractivity contribution in [3.05, 3.63) is 30.0 Å². The number of likely N-dealkylation sites (tertiary alicyclic amines) is 1. The van der Waals surface area contributed by atoms with Crippen LogP contribution in [0.4, 0.5) is 8.78 Å². The number of rotatable bonds is 3. The van der Waals surface area contributed by atoms with E-state index in [2.05, 4.69) is 9.72 Å². The number of fused-ring (bicyclic) bond motifs is 2. The predicted octanol–water partition coefficient (Wildman–Crippen LogP) is 3.64. The average Bonchev–Trinajstić information content (AvgIpc) is 3.19. The van der Waals surface area contributed by atoms with Crippen LogP contribution in [-0.2, 0) is 0 Å². The molecule has 1 amide bonds. The van der Waals surface area contributed by atoms with E-state index >= 15 is 0 Å². The van der Waals surface area contributed by atoms with Gasteiger partial charge in [-0.2, -0.15) is 8.78 Å². The molecule has 1 saturated carbocycles. The number of carbonyl (C=O) groups is 1. The number of amides is 1. The van der Waals surface area contributed by atoms with Crippen molar-refractivity contribution in [2.24, 2.45) is 11.8 Å². The van der Waals surface area contributed by atoms with Crippen LogP contribution < -0.4 is 4.74 Å². The molecule has 2 heterocycles. The van der Waals surface area contributed by atoms with Gasteiger partial charge in [0.25, 0.3) is 5.91 Å². The van der Waals surface area contributed by atoms with Gasteiger partial charge in [0.1, 0.15) is 11.4 Å². The van der Waals surface area contributed by atoms with Crippen molar-refractivity contribution in [2.45, 2.75) is 25.9 Å². The Balaban J connectivity index is 1.60. The maximum Gasteiger partial charge on any atom is 0.387 e. The third kappa shape index (κ3) is 2.56. The number of aromatic nitrogens is 1. The highest BCUT2D eigenvalue weighted by Crippen LogP contribution is 2.38. The SMILES string of the molecule is O=C(c1cc2c(OC(F)F)cccc2[nH]1)N1CC2CCCC2C1. The quantitative estimate of drug-likeness (QED) is 0.938. The number of H-pyrrole nitrogens is 1. The maximum atomic E-state index is 12.7. The van der Waals surface area contributed by atoms with E-state index in [4.69, 9.17) is 0 Å². The minimum absolute atomic E-state index is 0.0569. The summed E-state index contributed by atoms with van der Waals surface area (Å²) in [5, 5.41) is 0.510. The van der Waals surface area contributed by atoms with Gasteiger partial charge in [0, 0.05) is 24.0 Å². The summed E-state index contributed by atoms with van der Waals surface area (Å²) in [6.45, 7) is -1.27. The average molecular weight is 320 g/mol. The molecule has 0 spiro atoms. The van der Waals surface area contributed by atoms with Crippen molar-refractivity contribution in [3.8, 4) is 5.75 Å². The molecule has 2 aliphatic rings. The molecule has 0 radical (unpaired) electrons. The Labute approximate surface area is 132 Å². The van der Waals surface area contributed by atoms with E-state index in [1.54, 1.807) is 18.2 Å². The molecule has 2 aromatic rings. The summed E-state index contributed by atoms with van der Waals surface area (Å²) in [7, 11) is 0. The fraction of sp³-hybridized carbons (Fsp3) is 0.471. The van der Waals surface area contributed by atoms with E-state index in [1.165, 1.54) is 25.3 Å². The molecule has 1 aliphatic heterocycles. The smallest absolute Gasteiger partial charge is 0.387 e. The Bertz CT molecular complexity index is 731. The number of hydrogen-bond donors (Lipinski definition) is 1. The Morgan fingerprint density at radius 2 is 2.00 bits per heavy atom. The van der Waals surface area contributed by atoms with Gasteiger partial charge in [-0.1, -0.05) is 12.5 Å². The molecular formula is C17H18F2N2O2. The summed E-state index contributed by atoms with van der Waals surface area (Å²) in [4.78, 5) is 17.6. The van der Waals surface area contributed by atoms with Gasteiger partial charge in [0.15, 0.2) is 0 Å². The molecular weight excluding hydrogens is 302 g/mol. The van der Waals surface area contributed by atoms with Crippen LogP contribution in [0.2, 0.25) is 0 Å². The maximum absolute atomic E-state index is 12.7. The number of hydrogen-bond acceptors (Lipinski definition) is 2. The van der Waals surface area contributed by atoms with E-state index in [1.807, 2.05) is 4.90 Å². The lowest BCUT2D eigenvalue weighted by molar-refractivity contribution is -0.0487. The first-order chi connectivity index (χ1) is 11.1. The lowest BCUT2D eigenvalue weighted by Crippen LogP contribution is -2.29. The van der Waals surface area contributed by atoms with Gasteiger partial charge in [-0.25, -0.2) is 0 Å². The van der Waals surface area contributed by atoms with E-state index in [0.29, 0.717) is 28.4 Å². The summed E-state index contributed by atoms with van der Waals surface area (Å²) in [6.07, 6.45) is 3.67. The standard InChI is InChI=1S/C17H18F2N2O2/c18-17(19)23-15-6-2-5-13-12(15)7-14(20-13)16(22)21-8-10-3-1-4-11(10)9-21/h2,5-7,10-11,17,20H,1,3-4,8-9H2. The van der Waals surface area contributed by atoms with Gasteiger partial charge in [0.05, 0.1) is 0 Å². The monoisotopic (exact) mass is 320 g/mol. The molecule has 2 atom stereocenters. The van der Waals surface area contributed by atoms with Crippen LogP contribution in [0.3, 0.4) is 0 Å². The third-order valence-electron chi connectivity index (χ3n) is 5.08. The second kappa shape index (κ2) is 5.51. The van der Waals surface area contributed by atoms with Crippen molar-refractivity contribution in [1.29, 1.82) is 0 Å². The molecule has 1 aromatic carbocycles. The van der Waals surface area contributed by atoms with E-state index < -0.39 is 6.61 Å². The molecule has 6 heteroatoms. The highest BCUT2D eigenvalue weighted by atomic mass is 19.3. The Morgan fingerprint density at radius 1 is 1.26 bits per heavy atom. The molecule has 1 saturated heterocycles. The molecule has 1 aromatic heterocycles. The molecule has 1 aliphatic carbocycles. The molecule has 2 unspecified atom stereocenters. The van der Waals surface area contributed by atoms with Crippen LogP contribution in [0.25, 0.3) is 10.9 Å². The van der Waals surface area contributed by atoms with E-state index in [-0.39, 0.29) is 11.7 Å². The molecule has 0 bridgehead atoms. The number of carbonyl (C=O) groups excluding carboxylic acids is 1. The lowest BCUT2D eigenvalue weighted by atomic mass is 10.0. The molecule has 4 rings (SSSR count). The highest BCUT2D eigenvalue weighted by molar-refractivity contribution is 5.99. The summed E-state index contributed by atoms with van der Waals surface area (Å²) in [5.41, 5.74) is 1.07. The zero-order valence-corrected chi connectivity index (χ0v) is 12.6. The number of nitrogens with one attached hydrogen (secondary N) is 1. The Hall–Kier alpha value is -2.11. The molecule has 1 N–H and O–H groups in total. The number of benzene rings is 1. The number of halogens is 2. The molecule has 122 valence electrons. The zero-order chi connectivity index (χ0) is 16.0. The van der Waals surface area contributed by atoms with Gasteiger partial charge in [-0.15, -0.1) is 0 Å². The molecule has 23 heavy (non-hydrogen) atoms. The summed E-state index contributed by atoms with van der Waals surface area (Å²) in [5.74, 6) is 1.28. The van der Waals surface area contributed by atoms with Crippen LogP contribution >= 0.6 is 0 Å². The Kier molecular flexibility index (Phi) is 3.47. The number of ether oxygens (including phenoxy) is 1. The summed E-state index contributed by atoms with van der Waals surface area (Å²) >= 11 is 0. The van der Waals surface area contributed by atoms with Gasteiger partial charge >= 0.3 is 6.61 Å².